The van der Waals surface area contributed by atoms with E-state index in [1.165, 1.54) is 11.1 Å². The van der Waals surface area contributed by atoms with Crippen LogP contribution in [0.3, 0.4) is 0 Å². The Morgan fingerprint density at radius 3 is 2.53 bits per heavy atom. The molecule has 0 aliphatic carbocycles. The molecule has 1 amide bonds. The summed E-state index contributed by atoms with van der Waals surface area (Å²) in [6.07, 6.45) is -0.0552. The van der Waals surface area contributed by atoms with Gasteiger partial charge in [0.05, 0.1) is 19.8 Å². The summed E-state index contributed by atoms with van der Waals surface area (Å²) in [5, 5.41) is 13.6. The number of carbonyl (C=O) groups excluding carboxylic acids is 1. The lowest BCUT2D eigenvalue weighted by molar-refractivity contribution is -0.127. The molecular weight excluding hydrogens is 406 g/mol. The highest BCUT2D eigenvalue weighted by Gasteiger charge is 2.31. The minimum atomic E-state index is -0.750. The number of rotatable bonds is 11. The fourth-order valence-corrected chi connectivity index (χ4v) is 3.88. The molecule has 0 spiro atoms. The molecule has 7 heteroatoms. The van der Waals surface area contributed by atoms with Crippen molar-refractivity contribution in [1.29, 1.82) is 0 Å². The second-order valence-corrected chi connectivity index (χ2v) is 7.96. The zero-order chi connectivity index (χ0) is 22.9. The highest BCUT2D eigenvalue weighted by Crippen LogP contribution is 2.28. The lowest BCUT2D eigenvalue weighted by Crippen LogP contribution is -2.44. The number of benzene rings is 2. The Balaban J connectivity index is 1.45. The number of nitrogens with zero attached hydrogens (tertiary/aromatic N) is 2. The number of carbonyl (C=O) groups is 1. The first-order valence-electron chi connectivity index (χ1n) is 11.4. The van der Waals surface area contributed by atoms with Crippen LogP contribution in [0.1, 0.15) is 30.5 Å². The van der Waals surface area contributed by atoms with E-state index in [2.05, 4.69) is 24.4 Å². The smallest absolute Gasteiger partial charge is 0.234 e. The van der Waals surface area contributed by atoms with Crippen molar-refractivity contribution in [2.75, 3.05) is 39.4 Å². The zero-order valence-corrected chi connectivity index (χ0v) is 19.3. The van der Waals surface area contributed by atoms with Crippen LogP contribution in [0.5, 0.6) is 11.5 Å². The van der Waals surface area contributed by atoms with Crippen molar-refractivity contribution >= 4 is 5.91 Å². The number of hydrogen-bond donors (Lipinski definition) is 2. The van der Waals surface area contributed by atoms with Crippen LogP contribution in [0.25, 0.3) is 0 Å². The zero-order valence-electron chi connectivity index (χ0n) is 19.3. The van der Waals surface area contributed by atoms with Gasteiger partial charge in [-0.1, -0.05) is 30.3 Å². The van der Waals surface area contributed by atoms with Gasteiger partial charge in [-0.3, -0.25) is 14.6 Å². The third-order valence-electron chi connectivity index (χ3n) is 5.65. The highest BCUT2D eigenvalue weighted by molar-refractivity contribution is 5.78. The first kappa shape index (κ1) is 24.0. The molecule has 0 radical (unpaired) electrons. The Morgan fingerprint density at radius 2 is 1.78 bits per heavy atom. The SMILES string of the molecule is CCOc1ccc(CCNC(=O)CN2CCN(Cc3ccccc3C)C2O)cc1OCC. The van der Waals surface area contributed by atoms with Crippen molar-refractivity contribution in [3.8, 4) is 11.5 Å². The lowest BCUT2D eigenvalue weighted by atomic mass is 10.1. The summed E-state index contributed by atoms with van der Waals surface area (Å²) in [6, 6.07) is 14.1. The second-order valence-electron chi connectivity index (χ2n) is 7.96. The molecule has 2 aromatic rings. The molecule has 1 fully saturated rings. The molecule has 1 atom stereocenters. The summed E-state index contributed by atoms with van der Waals surface area (Å²) in [6.45, 7) is 9.88. The first-order valence-corrected chi connectivity index (χ1v) is 11.4. The molecule has 2 N–H and O–H groups in total. The number of nitrogens with one attached hydrogen (secondary N) is 1. The number of aryl methyl sites for hydroxylation is 1. The molecule has 1 aliphatic rings. The van der Waals surface area contributed by atoms with Crippen LogP contribution in [0, 0.1) is 6.92 Å². The molecule has 1 aliphatic heterocycles. The fraction of sp³-hybridized carbons (Fsp3) is 0.480. The molecular formula is C25H35N3O4. The largest absolute Gasteiger partial charge is 0.490 e. The molecule has 3 rings (SSSR count). The number of aliphatic hydroxyl groups excluding tert-OH is 1. The average Bonchev–Trinajstić information content (AvgIpc) is 3.11. The molecule has 1 unspecified atom stereocenters. The summed E-state index contributed by atoms with van der Waals surface area (Å²) >= 11 is 0. The van der Waals surface area contributed by atoms with Crippen LogP contribution in [0.15, 0.2) is 42.5 Å². The molecule has 0 bridgehead atoms. The van der Waals surface area contributed by atoms with Gasteiger partial charge >= 0.3 is 0 Å². The van der Waals surface area contributed by atoms with Crippen molar-refractivity contribution in [3.05, 3.63) is 59.2 Å². The van der Waals surface area contributed by atoms with Gasteiger partial charge in [-0.05, 0) is 56.0 Å². The summed E-state index contributed by atoms with van der Waals surface area (Å²) in [5.41, 5.74) is 3.47. The molecule has 1 saturated heterocycles. The van der Waals surface area contributed by atoms with Gasteiger partial charge in [-0.15, -0.1) is 0 Å². The van der Waals surface area contributed by atoms with E-state index in [9.17, 15) is 9.90 Å². The Bertz CT molecular complexity index is 889. The van der Waals surface area contributed by atoms with Crippen molar-refractivity contribution in [3.63, 3.8) is 0 Å². The maximum Gasteiger partial charge on any atom is 0.234 e. The van der Waals surface area contributed by atoms with E-state index in [1.54, 1.807) is 4.90 Å². The van der Waals surface area contributed by atoms with Gasteiger partial charge < -0.3 is 19.9 Å². The molecule has 1 heterocycles. The Hall–Kier alpha value is -2.61. The molecule has 0 aromatic heterocycles. The first-order chi connectivity index (χ1) is 15.5. The maximum absolute atomic E-state index is 12.4. The van der Waals surface area contributed by atoms with Crippen LogP contribution in [-0.2, 0) is 17.8 Å². The van der Waals surface area contributed by atoms with Crippen LogP contribution in [-0.4, -0.2) is 66.6 Å². The van der Waals surface area contributed by atoms with E-state index in [0.29, 0.717) is 39.3 Å². The van der Waals surface area contributed by atoms with Crippen LogP contribution < -0.4 is 14.8 Å². The van der Waals surface area contributed by atoms with Crippen LogP contribution in [0.4, 0.5) is 0 Å². The highest BCUT2D eigenvalue weighted by atomic mass is 16.5. The number of ether oxygens (including phenoxy) is 2. The summed E-state index contributed by atoms with van der Waals surface area (Å²) < 4.78 is 11.3. The Kier molecular flexibility index (Phi) is 8.90. The van der Waals surface area contributed by atoms with Crippen molar-refractivity contribution in [2.45, 2.75) is 40.1 Å². The minimum Gasteiger partial charge on any atom is -0.490 e. The van der Waals surface area contributed by atoms with Gasteiger partial charge in [0.25, 0.3) is 0 Å². The molecule has 7 nitrogen and oxygen atoms in total. The topological polar surface area (TPSA) is 74.3 Å². The van der Waals surface area contributed by atoms with E-state index in [4.69, 9.17) is 9.47 Å². The van der Waals surface area contributed by atoms with E-state index in [-0.39, 0.29) is 12.5 Å². The second kappa shape index (κ2) is 11.9. The fourth-order valence-electron chi connectivity index (χ4n) is 3.88. The van der Waals surface area contributed by atoms with Crippen molar-refractivity contribution in [2.24, 2.45) is 0 Å². The standard InChI is InChI=1S/C25H35N3O4/c1-4-31-22-11-10-20(16-23(22)32-5-2)12-13-26-24(29)18-28-15-14-27(25(28)30)17-21-9-7-6-8-19(21)3/h6-11,16,25,30H,4-5,12-15,17-18H2,1-3H3,(H,26,29). The average molecular weight is 442 g/mol. The van der Waals surface area contributed by atoms with Crippen LogP contribution in [0.2, 0.25) is 0 Å². The van der Waals surface area contributed by atoms with E-state index >= 15 is 0 Å². The summed E-state index contributed by atoms with van der Waals surface area (Å²) in [4.78, 5) is 16.2. The number of aliphatic hydroxyl groups is 1. The van der Waals surface area contributed by atoms with Gasteiger partial charge in [0.2, 0.25) is 5.91 Å². The van der Waals surface area contributed by atoms with Crippen molar-refractivity contribution in [1.82, 2.24) is 15.1 Å². The van der Waals surface area contributed by atoms with Gasteiger partial charge in [-0.2, -0.15) is 0 Å². The van der Waals surface area contributed by atoms with Crippen molar-refractivity contribution < 1.29 is 19.4 Å². The molecule has 32 heavy (non-hydrogen) atoms. The maximum atomic E-state index is 12.4. The summed E-state index contributed by atoms with van der Waals surface area (Å²) in [5.74, 6) is 1.38. The van der Waals surface area contributed by atoms with Gasteiger partial charge in [0.15, 0.2) is 17.9 Å². The quantitative estimate of drug-likeness (QED) is 0.558. The third-order valence-corrected chi connectivity index (χ3v) is 5.65. The van der Waals surface area contributed by atoms with E-state index in [0.717, 1.165) is 23.6 Å². The normalized spacial score (nSPS) is 16.8. The Labute approximate surface area is 190 Å². The predicted molar refractivity (Wildman–Crippen MR) is 125 cm³/mol. The van der Waals surface area contributed by atoms with E-state index in [1.807, 2.05) is 49.1 Å². The monoisotopic (exact) mass is 441 g/mol. The minimum absolute atomic E-state index is 0.0854. The van der Waals surface area contributed by atoms with Gasteiger partial charge in [0, 0.05) is 26.2 Å². The number of amides is 1. The summed E-state index contributed by atoms with van der Waals surface area (Å²) in [7, 11) is 0. The predicted octanol–water partition coefficient (Wildman–Crippen LogP) is 2.54. The molecule has 2 aromatic carbocycles. The third kappa shape index (κ3) is 6.45. The molecule has 0 saturated carbocycles. The van der Waals surface area contributed by atoms with Gasteiger partial charge in [0.1, 0.15) is 0 Å². The Morgan fingerprint density at radius 1 is 1.06 bits per heavy atom. The van der Waals surface area contributed by atoms with Gasteiger partial charge in [-0.25, -0.2) is 0 Å². The van der Waals surface area contributed by atoms with E-state index < -0.39 is 6.35 Å². The number of hydrogen-bond acceptors (Lipinski definition) is 6. The van der Waals surface area contributed by atoms with Crippen LogP contribution >= 0.6 is 0 Å². The molecule has 174 valence electrons. The lowest BCUT2D eigenvalue weighted by Gasteiger charge is -2.25.